The van der Waals surface area contributed by atoms with Gasteiger partial charge in [0.2, 0.25) is 17.6 Å². The zero-order valence-electron chi connectivity index (χ0n) is 35.3. The zero-order valence-corrected chi connectivity index (χ0v) is 35.3. The van der Waals surface area contributed by atoms with Gasteiger partial charge in [-0.05, 0) is 81.9 Å². The van der Waals surface area contributed by atoms with Crippen LogP contribution in [0.3, 0.4) is 0 Å². The van der Waals surface area contributed by atoms with Crippen LogP contribution in [0.25, 0.3) is 6.08 Å². The second-order valence-electron chi connectivity index (χ2n) is 16.9. The number of nitrogens with zero attached hydrogens (tertiary/aromatic N) is 1. The van der Waals surface area contributed by atoms with Crippen molar-refractivity contribution in [3.8, 4) is 5.75 Å². The maximum atomic E-state index is 14.6. The van der Waals surface area contributed by atoms with Gasteiger partial charge >= 0.3 is 11.9 Å². The van der Waals surface area contributed by atoms with Crippen molar-refractivity contribution in [1.29, 1.82) is 0 Å². The van der Waals surface area contributed by atoms with E-state index in [1.807, 2.05) is 91.0 Å². The average molecular weight is 843 g/mol. The van der Waals surface area contributed by atoms with Gasteiger partial charge in [0, 0.05) is 36.1 Å². The normalized spacial score (nSPS) is 21.2. The largest absolute Gasteiger partial charge is 0.508 e. The van der Waals surface area contributed by atoms with Crippen LogP contribution in [0.2, 0.25) is 0 Å². The van der Waals surface area contributed by atoms with Crippen molar-refractivity contribution < 1.29 is 48.3 Å². The van der Waals surface area contributed by atoms with Crippen molar-refractivity contribution in [2.45, 2.75) is 101 Å². The number of carbonyl (C=O) groups is 4. The highest BCUT2D eigenvalue weighted by Gasteiger charge is 2.55. The molecular formula is C50H54N2O10. The SMILES string of the molecule is CC(C)(C)OC(=O)CC[C@@H](CO)NC(=O)[C@H]1CCCN1C(=O)C1=C[C@H]2OC(c3ccccc3)(c3ccccc3)O[C@H]2[C@H](OC(=O)c2cccc(C=CCc3ccccc3O)c2)C1. The monoisotopic (exact) mass is 842 g/mol. The Kier molecular flexibility index (Phi) is 13.7. The number of carbonyl (C=O) groups excluding carboxylic acids is 4. The van der Waals surface area contributed by atoms with Crippen LogP contribution in [0.4, 0.5) is 0 Å². The summed E-state index contributed by atoms with van der Waals surface area (Å²) in [5, 5.41) is 23.1. The van der Waals surface area contributed by atoms with Gasteiger partial charge in [-0.2, -0.15) is 0 Å². The lowest BCUT2D eigenvalue weighted by Crippen LogP contribution is -2.51. The molecular weight excluding hydrogens is 789 g/mol. The molecule has 7 rings (SSSR count). The molecule has 0 bridgehead atoms. The molecule has 1 aliphatic carbocycles. The number of ether oxygens (including phenoxy) is 4. The second kappa shape index (κ2) is 19.3. The third kappa shape index (κ3) is 10.3. The highest BCUT2D eigenvalue weighted by Crippen LogP contribution is 2.47. The summed E-state index contributed by atoms with van der Waals surface area (Å²) in [6, 6.07) is 31.5. The minimum Gasteiger partial charge on any atom is -0.508 e. The first-order chi connectivity index (χ1) is 29.8. The second-order valence-corrected chi connectivity index (χ2v) is 16.9. The lowest BCUT2D eigenvalue weighted by molar-refractivity contribution is -0.157. The van der Waals surface area contributed by atoms with Crippen molar-refractivity contribution in [3.63, 3.8) is 0 Å². The van der Waals surface area contributed by atoms with Crippen LogP contribution >= 0.6 is 0 Å². The molecule has 2 aliphatic heterocycles. The number of aromatic hydroxyl groups is 1. The minimum absolute atomic E-state index is 0.00179. The van der Waals surface area contributed by atoms with Crippen LogP contribution in [0.5, 0.6) is 5.75 Å². The summed E-state index contributed by atoms with van der Waals surface area (Å²) in [6.07, 6.45) is 4.53. The van der Waals surface area contributed by atoms with Crippen molar-refractivity contribution in [3.05, 3.63) is 155 Å². The molecule has 3 N–H and O–H groups in total. The van der Waals surface area contributed by atoms with Crippen molar-refractivity contribution >= 4 is 29.8 Å². The van der Waals surface area contributed by atoms with Crippen LogP contribution in [-0.2, 0) is 45.5 Å². The molecule has 324 valence electrons. The number of fused-ring (bicyclic) bond motifs is 1. The molecule has 0 saturated carbocycles. The lowest BCUT2D eigenvalue weighted by atomic mass is 9.91. The van der Waals surface area contributed by atoms with Crippen LogP contribution in [-0.4, -0.2) is 88.0 Å². The highest BCUT2D eigenvalue weighted by molar-refractivity contribution is 5.98. The number of benzene rings is 4. The van der Waals surface area contributed by atoms with Crippen LogP contribution in [0, 0.1) is 0 Å². The standard InChI is InChI=1S/C50H54N2O10/c1-49(2,3)61-44(55)27-26-39(32-53)51-46(56)40-24-14-28-52(40)47(57)36-30-42(59-48(58)35-19-13-16-33(29-35)15-12-18-34-17-10-11-25-41(34)54)45-43(31-36)60-50(62-45,37-20-6-4-7-21-37)38-22-8-5-9-23-38/h4-13,15-17,19-23,25,29,31,39-40,42-43,45,53-54H,14,18,24,26-28,30,32H2,1-3H3,(H,51,56)/t39-,40+,42+,43+,45-/m0/s1. The molecule has 12 heteroatoms. The number of esters is 2. The van der Waals surface area contributed by atoms with Crippen molar-refractivity contribution in [2.24, 2.45) is 0 Å². The summed E-state index contributed by atoms with van der Waals surface area (Å²) in [5.74, 6) is -3.07. The summed E-state index contributed by atoms with van der Waals surface area (Å²) in [6.45, 7) is 5.23. The van der Waals surface area contributed by atoms with Gasteiger partial charge in [-0.25, -0.2) is 4.79 Å². The maximum absolute atomic E-state index is 14.6. The zero-order chi connectivity index (χ0) is 43.9. The molecule has 0 unspecified atom stereocenters. The third-order valence-corrected chi connectivity index (χ3v) is 11.2. The maximum Gasteiger partial charge on any atom is 0.338 e. The molecule has 3 aliphatic rings. The molecule has 5 atom stereocenters. The molecule has 4 aromatic rings. The average Bonchev–Trinajstić information content (AvgIpc) is 3.93. The number of rotatable bonds is 14. The topological polar surface area (TPSA) is 161 Å². The number of aliphatic hydroxyl groups is 1. The first-order valence-electron chi connectivity index (χ1n) is 21.2. The Labute approximate surface area is 362 Å². The van der Waals surface area contributed by atoms with E-state index in [1.54, 1.807) is 57.2 Å². The van der Waals surface area contributed by atoms with Crippen molar-refractivity contribution in [2.75, 3.05) is 13.2 Å². The Bertz CT molecular complexity index is 2250. The number of hydrogen-bond acceptors (Lipinski definition) is 10. The quantitative estimate of drug-likeness (QED) is 0.116. The van der Waals surface area contributed by atoms with E-state index < -0.39 is 72.1 Å². The molecule has 2 saturated heterocycles. The summed E-state index contributed by atoms with van der Waals surface area (Å²) in [7, 11) is 0. The lowest BCUT2D eigenvalue weighted by Gasteiger charge is -2.33. The third-order valence-electron chi connectivity index (χ3n) is 11.2. The number of phenolic OH excluding ortho intramolecular Hbond substituents is 1. The van der Waals surface area contributed by atoms with Gasteiger partial charge in [0.25, 0.3) is 0 Å². The van der Waals surface area contributed by atoms with E-state index in [4.69, 9.17) is 18.9 Å². The Morgan fingerprint density at radius 1 is 0.919 bits per heavy atom. The van der Waals surface area contributed by atoms with Gasteiger partial charge in [0.15, 0.2) is 0 Å². The fraction of sp³-hybridized carbons (Fsp3) is 0.360. The Hall–Kier alpha value is -6.08. The van der Waals surface area contributed by atoms with Gasteiger partial charge in [-0.15, -0.1) is 0 Å². The first kappa shape index (κ1) is 44.0. The number of amides is 2. The summed E-state index contributed by atoms with van der Waals surface area (Å²) >= 11 is 0. The fourth-order valence-corrected chi connectivity index (χ4v) is 8.22. The van der Waals surface area contributed by atoms with Gasteiger partial charge in [-0.3, -0.25) is 14.4 Å². The molecule has 2 amide bonds. The first-order valence-corrected chi connectivity index (χ1v) is 21.2. The molecule has 0 aromatic heterocycles. The van der Waals surface area contributed by atoms with E-state index in [2.05, 4.69) is 5.32 Å². The van der Waals surface area contributed by atoms with E-state index >= 15 is 0 Å². The number of para-hydroxylation sites is 1. The van der Waals surface area contributed by atoms with Crippen molar-refractivity contribution in [1.82, 2.24) is 10.2 Å². The molecule has 0 radical (unpaired) electrons. The van der Waals surface area contributed by atoms with Crippen LogP contribution in [0.1, 0.15) is 85.5 Å². The van der Waals surface area contributed by atoms with E-state index in [0.717, 1.165) is 22.3 Å². The Morgan fingerprint density at radius 2 is 1.61 bits per heavy atom. The predicted octanol–water partition coefficient (Wildman–Crippen LogP) is 6.78. The summed E-state index contributed by atoms with van der Waals surface area (Å²) in [5.41, 5.74) is 2.92. The van der Waals surface area contributed by atoms with Gasteiger partial charge < -0.3 is 39.4 Å². The van der Waals surface area contributed by atoms with Gasteiger partial charge in [-0.1, -0.05) is 103 Å². The van der Waals surface area contributed by atoms with E-state index in [-0.39, 0.29) is 25.0 Å². The molecule has 4 aromatic carbocycles. The van der Waals surface area contributed by atoms with Gasteiger partial charge in [0.1, 0.15) is 35.7 Å². The molecule has 12 nitrogen and oxygen atoms in total. The predicted molar refractivity (Wildman–Crippen MR) is 231 cm³/mol. The number of hydrogen-bond donors (Lipinski definition) is 3. The number of allylic oxidation sites excluding steroid dienone is 1. The van der Waals surface area contributed by atoms with E-state index in [9.17, 15) is 29.4 Å². The van der Waals surface area contributed by atoms with Gasteiger partial charge in [0.05, 0.1) is 18.2 Å². The number of aliphatic hydroxyl groups excluding tert-OH is 1. The fourth-order valence-electron chi connectivity index (χ4n) is 8.22. The number of phenols is 1. The molecule has 2 fully saturated rings. The number of nitrogens with one attached hydrogen (secondary N) is 1. The molecule has 62 heavy (non-hydrogen) atoms. The summed E-state index contributed by atoms with van der Waals surface area (Å²) < 4.78 is 25.5. The van der Waals surface area contributed by atoms with Crippen LogP contribution in [0.15, 0.2) is 127 Å². The van der Waals surface area contributed by atoms with E-state index in [1.165, 1.54) is 4.90 Å². The Balaban J connectivity index is 1.13. The molecule has 2 heterocycles. The molecule has 0 spiro atoms. The smallest absolute Gasteiger partial charge is 0.338 e. The highest BCUT2D eigenvalue weighted by atomic mass is 16.8. The van der Waals surface area contributed by atoms with E-state index in [0.29, 0.717) is 36.9 Å². The van der Waals surface area contributed by atoms with Crippen LogP contribution < -0.4 is 5.32 Å². The number of likely N-dealkylation sites (tertiary alicyclic amines) is 1. The Morgan fingerprint density at radius 3 is 2.29 bits per heavy atom. The summed E-state index contributed by atoms with van der Waals surface area (Å²) in [4.78, 5) is 56.3. The minimum atomic E-state index is -1.40.